The van der Waals surface area contributed by atoms with E-state index in [4.69, 9.17) is 5.73 Å². The standard InChI is InChI=1S/C11H15F3N2S/c12-11(13,14)17-7-6-16-5-4-8-9(15)2-1-3-10(8)16/h4-5,9H,1-3,6-7,15H2. The van der Waals surface area contributed by atoms with Gasteiger partial charge in [-0.15, -0.1) is 0 Å². The summed E-state index contributed by atoms with van der Waals surface area (Å²) in [5.41, 5.74) is 4.05. The third-order valence-electron chi connectivity index (χ3n) is 3.04. The third kappa shape index (κ3) is 3.19. The molecule has 1 aliphatic carbocycles. The number of thioether (sulfide) groups is 1. The molecule has 0 amide bonds. The van der Waals surface area contributed by atoms with Gasteiger partial charge >= 0.3 is 5.51 Å². The fourth-order valence-electron chi connectivity index (χ4n) is 2.26. The number of alkyl halides is 3. The van der Waals surface area contributed by atoms with Gasteiger partial charge in [0, 0.05) is 30.2 Å². The summed E-state index contributed by atoms with van der Waals surface area (Å²) in [6.07, 6.45) is 4.76. The monoisotopic (exact) mass is 264 g/mol. The molecule has 1 unspecified atom stereocenters. The molecule has 0 aliphatic heterocycles. The lowest BCUT2D eigenvalue weighted by Crippen LogP contribution is -2.18. The van der Waals surface area contributed by atoms with Crippen molar-refractivity contribution in [3.05, 3.63) is 23.5 Å². The summed E-state index contributed by atoms with van der Waals surface area (Å²) >= 11 is 0.0312. The molecule has 2 N–H and O–H groups in total. The van der Waals surface area contributed by atoms with E-state index in [1.807, 2.05) is 16.8 Å². The maximum atomic E-state index is 12.0. The molecule has 96 valence electrons. The molecule has 1 atom stereocenters. The van der Waals surface area contributed by atoms with Crippen LogP contribution >= 0.6 is 11.8 Å². The van der Waals surface area contributed by atoms with Gasteiger partial charge in [0.05, 0.1) is 0 Å². The molecule has 0 fully saturated rings. The van der Waals surface area contributed by atoms with Crippen LogP contribution in [0.3, 0.4) is 0 Å². The zero-order chi connectivity index (χ0) is 12.5. The molecule has 17 heavy (non-hydrogen) atoms. The van der Waals surface area contributed by atoms with Crippen LogP contribution in [0, 0.1) is 0 Å². The van der Waals surface area contributed by atoms with Gasteiger partial charge in [0.15, 0.2) is 0 Å². The van der Waals surface area contributed by atoms with E-state index in [-0.39, 0.29) is 23.6 Å². The molecular formula is C11H15F3N2S. The van der Waals surface area contributed by atoms with E-state index in [0.717, 1.165) is 30.5 Å². The summed E-state index contributed by atoms with van der Waals surface area (Å²) < 4.78 is 38.0. The van der Waals surface area contributed by atoms with Gasteiger partial charge in [0.2, 0.25) is 0 Å². The Morgan fingerprint density at radius 2 is 2.24 bits per heavy atom. The van der Waals surface area contributed by atoms with Crippen molar-refractivity contribution in [3.8, 4) is 0 Å². The highest BCUT2D eigenvalue weighted by molar-refractivity contribution is 8.00. The lowest BCUT2D eigenvalue weighted by atomic mass is 9.94. The second-order valence-corrected chi connectivity index (χ2v) is 5.36. The van der Waals surface area contributed by atoms with Crippen LogP contribution in [0.1, 0.15) is 30.1 Å². The van der Waals surface area contributed by atoms with Crippen LogP contribution in [0.25, 0.3) is 0 Å². The van der Waals surface area contributed by atoms with Gasteiger partial charge in [-0.25, -0.2) is 0 Å². The van der Waals surface area contributed by atoms with E-state index in [1.165, 1.54) is 0 Å². The Morgan fingerprint density at radius 3 is 2.94 bits per heavy atom. The Bertz CT molecular complexity index is 387. The van der Waals surface area contributed by atoms with Crippen LogP contribution in [-0.2, 0) is 13.0 Å². The first-order valence-electron chi connectivity index (χ1n) is 5.61. The predicted octanol–water partition coefficient (Wildman–Crippen LogP) is 3.08. The van der Waals surface area contributed by atoms with Gasteiger partial charge in [0.1, 0.15) is 0 Å². The van der Waals surface area contributed by atoms with Crippen molar-refractivity contribution in [1.82, 2.24) is 4.57 Å². The average molecular weight is 264 g/mol. The number of hydrogen-bond acceptors (Lipinski definition) is 2. The highest BCUT2D eigenvalue weighted by Gasteiger charge is 2.28. The number of aromatic nitrogens is 1. The molecule has 1 heterocycles. The molecule has 0 radical (unpaired) electrons. The van der Waals surface area contributed by atoms with Crippen molar-refractivity contribution in [3.63, 3.8) is 0 Å². The normalized spacial score (nSPS) is 20.4. The molecule has 6 heteroatoms. The minimum absolute atomic E-state index is 0.0312. The van der Waals surface area contributed by atoms with E-state index in [2.05, 4.69) is 0 Å². The van der Waals surface area contributed by atoms with Gasteiger partial charge < -0.3 is 10.3 Å². The van der Waals surface area contributed by atoms with Crippen molar-refractivity contribution < 1.29 is 13.2 Å². The maximum Gasteiger partial charge on any atom is 0.441 e. The van der Waals surface area contributed by atoms with E-state index in [1.54, 1.807) is 0 Å². The molecule has 1 aliphatic rings. The van der Waals surface area contributed by atoms with Gasteiger partial charge in [-0.3, -0.25) is 0 Å². The highest BCUT2D eigenvalue weighted by Crippen LogP contribution is 2.32. The lowest BCUT2D eigenvalue weighted by molar-refractivity contribution is -0.0328. The lowest BCUT2D eigenvalue weighted by Gasteiger charge is -2.21. The average Bonchev–Trinajstić information content (AvgIpc) is 2.61. The Kier molecular flexibility index (Phi) is 3.73. The quantitative estimate of drug-likeness (QED) is 0.909. The molecule has 2 nitrogen and oxygen atoms in total. The zero-order valence-corrected chi connectivity index (χ0v) is 10.2. The van der Waals surface area contributed by atoms with Gasteiger partial charge in [-0.1, -0.05) is 0 Å². The van der Waals surface area contributed by atoms with E-state index < -0.39 is 5.51 Å². The summed E-state index contributed by atoms with van der Waals surface area (Å²) in [4.78, 5) is 0. The number of nitrogens with zero attached hydrogens (tertiary/aromatic N) is 1. The number of fused-ring (bicyclic) bond motifs is 1. The molecule has 0 saturated carbocycles. The van der Waals surface area contributed by atoms with Crippen LogP contribution in [0.15, 0.2) is 12.3 Å². The van der Waals surface area contributed by atoms with Crippen molar-refractivity contribution in [2.75, 3.05) is 5.75 Å². The zero-order valence-electron chi connectivity index (χ0n) is 9.33. The molecule has 0 saturated heterocycles. The predicted molar refractivity (Wildman–Crippen MR) is 62.8 cm³/mol. The van der Waals surface area contributed by atoms with E-state index >= 15 is 0 Å². The van der Waals surface area contributed by atoms with Crippen molar-refractivity contribution >= 4 is 11.8 Å². The summed E-state index contributed by atoms with van der Waals surface area (Å²) in [7, 11) is 0. The van der Waals surface area contributed by atoms with E-state index in [0.29, 0.717) is 6.54 Å². The van der Waals surface area contributed by atoms with Crippen molar-refractivity contribution in [2.45, 2.75) is 37.4 Å². The minimum Gasteiger partial charge on any atom is -0.350 e. The first-order chi connectivity index (χ1) is 7.97. The molecule has 0 aromatic carbocycles. The number of rotatable bonds is 3. The minimum atomic E-state index is -4.14. The summed E-state index contributed by atoms with van der Waals surface area (Å²) in [5.74, 6) is 0.0554. The maximum absolute atomic E-state index is 12.0. The number of halogens is 3. The topological polar surface area (TPSA) is 30.9 Å². The molecule has 0 spiro atoms. The molecular weight excluding hydrogens is 249 g/mol. The van der Waals surface area contributed by atoms with Crippen LogP contribution < -0.4 is 5.73 Å². The molecule has 2 rings (SSSR count). The molecule has 1 aromatic rings. The fourth-order valence-corrected chi connectivity index (χ4v) is 2.78. The largest absolute Gasteiger partial charge is 0.441 e. The van der Waals surface area contributed by atoms with Gasteiger partial charge in [-0.2, -0.15) is 13.2 Å². The second kappa shape index (κ2) is 4.94. The number of nitrogens with two attached hydrogens (primary N) is 1. The SMILES string of the molecule is NC1CCCc2c1ccn2CCSC(F)(F)F. The molecule has 1 aromatic heterocycles. The van der Waals surface area contributed by atoms with Crippen molar-refractivity contribution in [1.29, 1.82) is 0 Å². The Labute approximate surface area is 102 Å². The number of hydrogen-bond donors (Lipinski definition) is 1. The fraction of sp³-hybridized carbons (Fsp3) is 0.636. The van der Waals surface area contributed by atoms with E-state index in [9.17, 15) is 13.2 Å². The third-order valence-corrected chi connectivity index (χ3v) is 3.75. The Morgan fingerprint density at radius 1 is 1.47 bits per heavy atom. The van der Waals surface area contributed by atoms with Crippen molar-refractivity contribution in [2.24, 2.45) is 5.73 Å². The van der Waals surface area contributed by atoms with Crippen LogP contribution in [0.4, 0.5) is 13.2 Å². The number of aryl methyl sites for hydroxylation is 1. The first-order valence-corrected chi connectivity index (χ1v) is 6.60. The van der Waals surface area contributed by atoms with Crippen LogP contribution in [0.5, 0.6) is 0 Å². The first kappa shape index (κ1) is 12.8. The van der Waals surface area contributed by atoms with Crippen LogP contribution in [0.2, 0.25) is 0 Å². The van der Waals surface area contributed by atoms with Gasteiger partial charge in [0.25, 0.3) is 0 Å². The summed E-state index contributed by atoms with van der Waals surface area (Å²) in [6, 6.07) is 1.99. The highest BCUT2D eigenvalue weighted by atomic mass is 32.2. The smallest absolute Gasteiger partial charge is 0.350 e. The Balaban J connectivity index is 1.98. The summed E-state index contributed by atoms with van der Waals surface area (Å²) in [6.45, 7) is 0.395. The summed E-state index contributed by atoms with van der Waals surface area (Å²) in [5, 5.41) is 0. The van der Waals surface area contributed by atoms with Gasteiger partial charge in [-0.05, 0) is 42.7 Å². The second-order valence-electron chi connectivity index (χ2n) is 4.20. The Hall–Kier alpha value is -0.620. The molecule has 0 bridgehead atoms. The van der Waals surface area contributed by atoms with Crippen LogP contribution in [-0.4, -0.2) is 15.8 Å².